The molecule has 0 aromatic carbocycles. The van der Waals surface area contributed by atoms with Crippen molar-refractivity contribution in [3.05, 3.63) is 0 Å². The second-order valence-electron chi connectivity index (χ2n) is 5.60. The molecular formula is C15H31N3O2. The van der Waals surface area contributed by atoms with Crippen molar-refractivity contribution in [2.75, 3.05) is 39.4 Å². The van der Waals surface area contributed by atoms with Gasteiger partial charge in [0.2, 0.25) is 5.91 Å². The summed E-state index contributed by atoms with van der Waals surface area (Å²) in [5.41, 5.74) is 0. The van der Waals surface area contributed by atoms with Gasteiger partial charge in [-0.25, -0.2) is 0 Å². The van der Waals surface area contributed by atoms with Crippen molar-refractivity contribution in [1.82, 2.24) is 15.5 Å². The molecule has 3 atom stereocenters. The Kier molecular flexibility index (Phi) is 8.11. The molecule has 1 heterocycles. The van der Waals surface area contributed by atoms with E-state index in [-0.39, 0.29) is 23.9 Å². The Hall–Kier alpha value is -0.650. The lowest BCUT2D eigenvalue weighted by atomic mass is 10.0. The van der Waals surface area contributed by atoms with Gasteiger partial charge in [-0.3, -0.25) is 4.79 Å². The van der Waals surface area contributed by atoms with E-state index >= 15 is 0 Å². The maximum Gasteiger partial charge on any atom is 0.227 e. The first kappa shape index (κ1) is 17.4. The van der Waals surface area contributed by atoms with Crippen LogP contribution in [0.1, 0.15) is 34.1 Å². The van der Waals surface area contributed by atoms with Crippen molar-refractivity contribution in [2.24, 2.45) is 5.92 Å². The summed E-state index contributed by atoms with van der Waals surface area (Å²) in [6.45, 7) is 13.5. The first-order chi connectivity index (χ1) is 9.62. The Balaban J connectivity index is 2.40. The van der Waals surface area contributed by atoms with Crippen LogP contribution in [0, 0.1) is 5.92 Å². The number of likely N-dealkylation sites (N-methyl/N-ethyl adjacent to an activating group) is 1. The van der Waals surface area contributed by atoms with Crippen molar-refractivity contribution in [2.45, 2.75) is 46.2 Å². The number of carbonyl (C=O) groups excluding carboxylic acids is 1. The largest absolute Gasteiger partial charge is 0.379 e. The average Bonchev–Trinajstić information content (AvgIpc) is 2.90. The summed E-state index contributed by atoms with van der Waals surface area (Å²) in [4.78, 5) is 14.7. The second-order valence-corrected chi connectivity index (χ2v) is 5.60. The van der Waals surface area contributed by atoms with Gasteiger partial charge in [-0.1, -0.05) is 20.8 Å². The van der Waals surface area contributed by atoms with Gasteiger partial charge >= 0.3 is 0 Å². The standard InChI is InChI=1S/C15H31N3O2/c1-5-8-16-14-11-20-10-13(14)15(19)17-12(4)9-18(6-2)7-3/h12-14,16H,5-11H2,1-4H3,(H,17,19). The Morgan fingerprint density at radius 1 is 1.30 bits per heavy atom. The lowest BCUT2D eigenvalue weighted by Gasteiger charge is -2.25. The van der Waals surface area contributed by atoms with Crippen LogP contribution in [0.3, 0.4) is 0 Å². The zero-order chi connectivity index (χ0) is 15.0. The molecule has 5 heteroatoms. The number of hydrogen-bond donors (Lipinski definition) is 2. The highest BCUT2D eigenvalue weighted by Crippen LogP contribution is 2.14. The van der Waals surface area contributed by atoms with Gasteiger partial charge in [0.1, 0.15) is 0 Å². The summed E-state index contributed by atoms with van der Waals surface area (Å²) < 4.78 is 5.46. The molecule has 0 spiro atoms. The lowest BCUT2D eigenvalue weighted by Crippen LogP contribution is -2.49. The molecule has 5 nitrogen and oxygen atoms in total. The van der Waals surface area contributed by atoms with Crippen molar-refractivity contribution in [3.63, 3.8) is 0 Å². The van der Waals surface area contributed by atoms with Gasteiger partial charge in [0.05, 0.1) is 19.1 Å². The minimum absolute atomic E-state index is 0.0549. The minimum atomic E-state index is -0.0549. The van der Waals surface area contributed by atoms with Crippen LogP contribution >= 0.6 is 0 Å². The predicted octanol–water partition coefficient (Wildman–Crippen LogP) is 0.848. The van der Waals surface area contributed by atoms with E-state index in [1.807, 2.05) is 0 Å². The number of carbonyl (C=O) groups is 1. The maximum atomic E-state index is 12.3. The quantitative estimate of drug-likeness (QED) is 0.659. The second kappa shape index (κ2) is 9.32. The molecule has 1 aliphatic rings. The van der Waals surface area contributed by atoms with E-state index in [9.17, 15) is 4.79 Å². The number of nitrogens with one attached hydrogen (secondary N) is 2. The molecule has 20 heavy (non-hydrogen) atoms. The molecular weight excluding hydrogens is 254 g/mol. The Bertz CT molecular complexity index is 282. The number of rotatable bonds is 9. The predicted molar refractivity (Wildman–Crippen MR) is 81.8 cm³/mol. The Morgan fingerprint density at radius 2 is 2.00 bits per heavy atom. The van der Waals surface area contributed by atoms with E-state index in [2.05, 4.69) is 43.2 Å². The van der Waals surface area contributed by atoms with Crippen molar-refractivity contribution in [1.29, 1.82) is 0 Å². The highest BCUT2D eigenvalue weighted by atomic mass is 16.5. The van der Waals surface area contributed by atoms with Crippen LogP contribution in [-0.2, 0) is 9.53 Å². The third-order valence-electron chi connectivity index (χ3n) is 3.89. The molecule has 0 aromatic rings. The smallest absolute Gasteiger partial charge is 0.227 e. The van der Waals surface area contributed by atoms with Crippen LogP contribution in [0.4, 0.5) is 0 Å². The molecule has 118 valence electrons. The first-order valence-electron chi connectivity index (χ1n) is 7.96. The number of nitrogens with zero attached hydrogens (tertiary/aromatic N) is 1. The highest BCUT2D eigenvalue weighted by molar-refractivity contribution is 5.80. The van der Waals surface area contributed by atoms with Crippen molar-refractivity contribution >= 4 is 5.91 Å². The van der Waals surface area contributed by atoms with E-state index in [1.165, 1.54) is 0 Å². The van der Waals surface area contributed by atoms with Crippen molar-refractivity contribution in [3.8, 4) is 0 Å². The molecule has 1 rings (SSSR count). The van der Waals surface area contributed by atoms with Gasteiger partial charge in [0.25, 0.3) is 0 Å². The topological polar surface area (TPSA) is 53.6 Å². The van der Waals surface area contributed by atoms with Gasteiger partial charge in [-0.15, -0.1) is 0 Å². The zero-order valence-corrected chi connectivity index (χ0v) is 13.4. The third-order valence-corrected chi connectivity index (χ3v) is 3.89. The maximum absolute atomic E-state index is 12.3. The summed E-state index contributed by atoms with van der Waals surface area (Å²) in [5.74, 6) is 0.0662. The lowest BCUT2D eigenvalue weighted by molar-refractivity contribution is -0.126. The molecule has 0 saturated carbocycles. The molecule has 1 amide bonds. The fourth-order valence-electron chi connectivity index (χ4n) is 2.61. The fourth-order valence-corrected chi connectivity index (χ4v) is 2.61. The molecule has 3 unspecified atom stereocenters. The zero-order valence-electron chi connectivity index (χ0n) is 13.4. The Labute approximate surface area is 123 Å². The molecule has 0 aromatic heterocycles. The molecule has 1 fully saturated rings. The molecule has 0 radical (unpaired) electrons. The highest BCUT2D eigenvalue weighted by Gasteiger charge is 2.34. The molecule has 0 aliphatic carbocycles. The number of ether oxygens (including phenoxy) is 1. The Morgan fingerprint density at radius 3 is 2.60 bits per heavy atom. The molecule has 2 N–H and O–H groups in total. The van der Waals surface area contributed by atoms with Crippen LogP contribution in [0.5, 0.6) is 0 Å². The van der Waals surface area contributed by atoms with E-state index in [0.717, 1.165) is 32.6 Å². The summed E-state index contributed by atoms with van der Waals surface area (Å²) in [6.07, 6.45) is 1.07. The van der Waals surface area contributed by atoms with Gasteiger partial charge in [0, 0.05) is 18.6 Å². The summed E-state index contributed by atoms with van der Waals surface area (Å²) in [7, 11) is 0. The van der Waals surface area contributed by atoms with Crippen molar-refractivity contribution < 1.29 is 9.53 Å². The average molecular weight is 285 g/mol. The number of amides is 1. The van der Waals surface area contributed by atoms with Gasteiger partial charge < -0.3 is 20.3 Å². The monoisotopic (exact) mass is 285 g/mol. The van der Waals surface area contributed by atoms with Gasteiger partial charge in [-0.05, 0) is 33.0 Å². The van der Waals surface area contributed by atoms with Gasteiger partial charge in [0.15, 0.2) is 0 Å². The molecule has 1 aliphatic heterocycles. The molecule has 1 saturated heterocycles. The minimum Gasteiger partial charge on any atom is -0.379 e. The van der Waals surface area contributed by atoms with Gasteiger partial charge in [-0.2, -0.15) is 0 Å². The van der Waals surface area contributed by atoms with E-state index in [1.54, 1.807) is 0 Å². The van der Waals surface area contributed by atoms with Crippen LogP contribution < -0.4 is 10.6 Å². The fraction of sp³-hybridized carbons (Fsp3) is 0.933. The molecule has 0 bridgehead atoms. The SMILES string of the molecule is CCCNC1COCC1C(=O)NC(C)CN(CC)CC. The van der Waals surface area contributed by atoms with Crippen LogP contribution in [0.2, 0.25) is 0 Å². The van der Waals surface area contributed by atoms with Crippen LogP contribution in [0.15, 0.2) is 0 Å². The van der Waals surface area contributed by atoms with E-state index in [0.29, 0.717) is 13.2 Å². The summed E-state index contributed by atoms with van der Waals surface area (Å²) in [6, 6.07) is 0.338. The normalized spacial score (nSPS) is 24.1. The van der Waals surface area contributed by atoms with E-state index < -0.39 is 0 Å². The summed E-state index contributed by atoms with van der Waals surface area (Å²) >= 11 is 0. The van der Waals surface area contributed by atoms with Crippen LogP contribution in [0.25, 0.3) is 0 Å². The van der Waals surface area contributed by atoms with E-state index in [4.69, 9.17) is 4.74 Å². The summed E-state index contributed by atoms with van der Waals surface area (Å²) in [5, 5.41) is 6.53. The number of hydrogen-bond acceptors (Lipinski definition) is 4. The van der Waals surface area contributed by atoms with Crippen LogP contribution in [-0.4, -0.2) is 62.3 Å². The first-order valence-corrected chi connectivity index (χ1v) is 7.96. The third kappa shape index (κ3) is 5.38.